The van der Waals surface area contributed by atoms with Crippen LogP contribution in [0.3, 0.4) is 0 Å². The van der Waals surface area contributed by atoms with Gasteiger partial charge < -0.3 is 15.4 Å². The van der Waals surface area contributed by atoms with Crippen molar-refractivity contribution in [1.82, 2.24) is 15.1 Å². The monoisotopic (exact) mass is 266 g/mol. The maximum absolute atomic E-state index is 11.9. The van der Waals surface area contributed by atoms with E-state index in [1.54, 1.807) is 24.2 Å². The number of anilines is 1. The smallest absolute Gasteiger partial charge is 0.319 e. The Morgan fingerprint density at radius 3 is 2.68 bits per heavy atom. The Labute approximate surface area is 113 Å². The number of methoxy groups -OCH3 is 1. The number of amides is 2. The van der Waals surface area contributed by atoms with Crippen molar-refractivity contribution in [3.63, 3.8) is 0 Å². The molecule has 0 bridgehead atoms. The van der Waals surface area contributed by atoms with Crippen molar-refractivity contribution in [3.8, 4) is 0 Å². The molecule has 6 nitrogen and oxygen atoms in total. The number of carbonyl (C=O) groups is 1. The number of carbonyl (C=O) groups excluding carboxylic acids is 1. The first-order valence-corrected chi connectivity index (χ1v) is 6.40. The highest BCUT2D eigenvalue weighted by atomic mass is 16.5. The molecule has 106 valence electrons. The summed E-state index contributed by atoms with van der Waals surface area (Å²) in [5.74, 6) is 0. The molecule has 0 saturated heterocycles. The lowest BCUT2D eigenvalue weighted by atomic mass is 9.56. The van der Waals surface area contributed by atoms with E-state index in [4.69, 9.17) is 4.74 Å². The molecule has 1 aliphatic carbocycles. The number of hydrogen-bond acceptors (Lipinski definition) is 3. The third-order valence-electron chi connectivity index (χ3n) is 4.55. The summed E-state index contributed by atoms with van der Waals surface area (Å²) in [7, 11) is 3.52. The van der Waals surface area contributed by atoms with Crippen LogP contribution in [0.25, 0.3) is 0 Å². The van der Waals surface area contributed by atoms with Gasteiger partial charge >= 0.3 is 6.03 Å². The van der Waals surface area contributed by atoms with E-state index in [0.29, 0.717) is 5.69 Å². The molecule has 1 aliphatic rings. The van der Waals surface area contributed by atoms with Crippen molar-refractivity contribution < 1.29 is 9.53 Å². The average molecular weight is 266 g/mol. The summed E-state index contributed by atoms with van der Waals surface area (Å²) >= 11 is 0. The average Bonchev–Trinajstić information content (AvgIpc) is 2.73. The van der Waals surface area contributed by atoms with Crippen LogP contribution in [0.15, 0.2) is 12.4 Å². The highest BCUT2D eigenvalue weighted by Gasteiger charge is 2.58. The number of hydrogen-bond donors (Lipinski definition) is 2. The van der Waals surface area contributed by atoms with Gasteiger partial charge in [0.2, 0.25) is 0 Å². The second-order valence-corrected chi connectivity index (χ2v) is 5.91. The third kappa shape index (κ3) is 2.32. The van der Waals surface area contributed by atoms with Crippen LogP contribution in [-0.4, -0.2) is 34.6 Å². The summed E-state index contributed by atoms with van der Waals surface area (Å²) < 4.78 is 7.18. The van der Waals surface area contributed by atoms with Gasteiger partial charge in [0.1, 0.15) is 0 Å². The van der Waals surface area contributed by atoms with E-state index >= 15 is 0 Å². The zero-order valence-electron chi connectivity index (χ0n) is 12.2. The molecule has 0 spiro atoms. The molecule has 0 aromatic carbocycles. The van der Waals surface area contributed by atoms with Crippen LogP contribution in [-0.2, 0) is 11.8 Å². The Balaban J connectivity index is 1.91. The Kier molecular flexibility index (Phi) is 3.30. The second-order valence-electron chi connectivity index (χ2n) is 5.91. The fourth-order valence-corrected chi connectivity index (χ4v) is 2.53. The number of nitrogens with zero attached hydrogens (tertiary/aromatic N) is 2. The number of ether oxygens (including phenoxy) is 1. The quantitative estimate of drug-likeness (QED) is 0.875. The van der Waals surface area contributed by atoms with Crippen molar-refractivity contribution in [2.75, 3.05) is 12.4 Å². The summed E-state index contributed by atoms with van der Waals surface area (Å²) in [6.45, 7) is 6.29. The minimum absolute atomic E-state index is 0.0893. The summed E-state index contributed by atoms with van der Waals surface area (Å²) in [6.07, 6.45) is 4.19. The lowest BCUT2D eigenvalue weighted by Gasteiger charge is -2.58. The van der Waals surface area contributed by atoms with Gasteiger partial charge in [0.15, 0.2) is 0 Å². The summed E-state index contributed by atoms with van der Waals surface area (Å²) in [6, 6.07) is -0.0988. The van der Waals surface area contributed by atoms with Gasteiger partial charge in [0.25, 0.3) is 0 Å². The molecule has 1 saturated carbocycles. The fourth-order valence-electron chi connectivity index (χ4n) is 2.53. The molecular formula is C13H22N4O2. The SMILES string of the molecule is CO[C@]1(C)C[C@H](NC(=O)Nc2cnn(C)c2)C1(C)C. The molecule has 0 unspecified atom stereocenters. The van der Waals surface area contributed by atoms with Crippen LogP contribution in [0.1, 0.15) is 27.2 Å². The molecule has 0 radical (unpaired) electrons. The van der Waals surface area contributed by atoms with Crippen molar-refractivity contribution in [3.05, 3.63) is 12.4 Å². The molecular weight excluding hydrogens is 244 g/mol. The first-order chi connectivity index (χ1) is 8.78. The predicted molar refractivity (Wildman–Crippen MR) is 73.0 cm³/mol. The van der Waals surface area contributed by atoms with Gasteiger partial charge in [0, 0.05) is 31.8 Å². The third-order valence-corrected chi connectivity index (χ3v) is 4.55. The van der Waals surface area contributed by atoms with Crippen molar-refractivity contribution in [2.45, 2.75) is 38.8 Å². The number of nitrogens with one attached hydrogen (secondary N) is 2. The van der Waals surface area contributed by atoms with Gasteiger partial charge in [-0.15, -0.1) is 0 Å². The molecule has 1 aromatic heterocycles. The maximum atomic E-state index is 11.9. The highest BCUT2D eigenvalue weighted by molar-refractivity contribution is 5.89. The Morgan fingerprint density at radius 1 is 1.53 bits per heavy atom. The van der Waals surface area contributed by atoms with Gasteiger partial charge in [-0.25, -0.2) is 4.79 Å². The standard InChI is InChI=1S/C13H22N4O2/c1-12(2)10(6-13(12,3)19-5)16-11(18)15-9-7-14-17(4)8-9/h7-8,10H,6H2,1-5H3,(H2,15,16,18)/t10-,13+/m0/s1. The topological polar surface area (TPSA) is 68.2 Å². The zero-order valence-corrected chi connectivity index (χ0v) is 12.2. The van der Waals surface area contributed by atoms with Crippen LogP contribution in [0.4, 0.5) is 10.5 Å². The number of urea groups is 1. The Morgan fingerprint density at radius 2 is 2.21 bits per heavy atom. The van der Waals surface area contributed by atoms with E-state index in [9.17, 15) is 4.79 Å². The van der Waals surface area contributed by atoms with E-state index in [0.717, 1.165) is 6.42 Å². The van der Waals surface area contributed by atoms with Crippen LogP contribution in [0.5, 0.6) is 0 Å². The number of aryl methyl sites for hydroxylation is 1. The molecule has 0 aliphatic heterocycles. The zero-order chi connectivity index (χ0) is 14.3. The molecule has 1 aromatic rings. The molecule has 1 fully saturated rings. The predicted octanol–water partition coefficient (Wildman–Crippen LogP) is 1.75. The van der Waals surface area contributed by atoms with E-state index in [1.165, 1.54) is 0 Å². The molecule has 2 amide bonds. The van der Waals surface area contributed by atoms with E-state index in [-0.39, 0.29) is 23.1 Å². The van der Waals surface area contributed by atoms with Crippen LogP contribution in [0, 0.1) is 5.41 Å². The van der Waals surface area contributed by atoms with Crippen molar-refractivity contribution >= 4 is 11.7 Å². The van der Waals surface area contributed by atoms with Crippen LogP contribution in [0.2, 0.25) is 0 Å². The van der Waals surface area contributed by atoms with Gasteiger partial charge in [0.05, 0.1) is 17.5 Å². The van der Waals surface area contributed by atoms with Crippen LogP contribution < -0.4 is 10.6 Å². The fraction of sp³-hybridized carbons (Fsp3) is 0.692. The first kappa shape index (κ1) is 13.9. The molecule has 2 rings (SSSR count). The molecule has 1 heterocycles. The van der Waals surface area contributed by atoms with Crippen LogP contribution >= 0.6 is 0 Å². The normalized spacial score (nSPS) is 28.6. The summed E-state index contributed by atoms with van der Waals surface area (Å²) in [5.41, 5.74) is 0.416. The minimum Gasteiger partial charge on any atom is -0.378 e. The summed E-state index contributed by atoms with van der Waals surface area (Å²) in [5, 5.41) is 9.76. The molecule has 6 heteroatoms. The van der Waals surface area contributed by atoms with E-state index in [2.05, 4.69) is 36.5 Å². The van der Waals surface area contributed by atoms with Crippen molar-refractivity contribution in [1.29, 1.82) is 0 Å². The number of rotatable bonds is 3. The van der Waals surface area contributed by atoms with Gasteiger partial charge in [-0.2, -0.15) is 5.10 Å². The van der Waals surface area contributed by atoms with E-state index in [1.807, 2.05) is 7.05 Å². The first-order valence-electron chi connectivity index (χ1n) is 6.40. The lowest BCUT2D eigenvalue weighted by Crippen LogP contribution is -2.68. The lowest BCUT2D eigenvalue weighted by molar-refractivity contribution is -0.177. The summed E-state index contributed by atoms with van der Waals surface area (Å²) in [4.78, 5) is 11.9. The number of aromatic nitrogens is 2. The van der Waals surface area contributed by atoms with Gasteiger partial charge in [-0.05, 0) is 13.3 Å². The molecule has 2 atom stereocenters. The Hall–Kier alpha value is -1.56. The molecule has 2 N–H and O–H groups in total. The maximum Gasteiger partial charge on any atom is 0.319 e. The largest absolute Gasteiger partial charge is 0.378 e. The second kappa shape index (κ2) is 4.52. The Bertz CT molecular complexity index is 483. The van der Waals surface area contributed by atoms with Gasteiger partial charge in [-0.3, -0.25) is 4.68 Å². The van der Waals surface area contributed by atoms with Gasteiger partial charge in [-0.1, -0.05) is 13.8 Å². The minimum atomic E-state index is -0.204. The van der Waals surface area contributed by atoms with E-state index < -0.39 is 0 Å². The highest BCUT2D eigenvalue weighted by Crippen LogP contribution is 2.51. The molecule has 19 heavy (non-hydrogen) atoms. The van der Waals surface area contributed by atoms with Crippen molar-refractivity contribution in [2.24, 2.45) is 12.5 Å².